The van der Waals surface area contributed by atoms with Gasteiger partial charge in [-0.25, -0.2) is 8.78 Å². The van der Waals surface area contributed by atoms with Crippen LogP contribution in [0, 0.1) is 11.6 Å². The monoisotopic (exact) mass is 390 g/mol. The van der Waals surface area contributed by atoms with Gasteiger partial charge in [0.15, 0.2) is 12.4 Å². The smallest absolute Gasteiger partial charge is 0.262 e. The predicted octanol–water partition coefficient (Wildman–Crippen LogP) is 2.40. The molecule has 1 unspecified atom stereocenters. The van der Waals surface area contributed by atoms with Crippen LogP contribution in [0.5, 0.6) is 11.5 Å². The summed E-state index contributed by atoms with van der Waals surface area (Å²) in [5.41, 5.74) is 0.112. The van der Waals surface area contributed by atoms with E-state index in [2.05, 4.69) is 10.6 Å². The van der Waals surface area contributed by atoms with E-state index in [1.807, 2.05) is 0 Å². The summed E-state index contributed by atoms with van der Waals surface area (Å²) in [5.74, 6) is -1.48. The van der Waals surface area contributed by atoms with E-state index < -0.39 is 29.2 Å². The van der Waals surface area contributed by atoms with Crippen LogP contribution in [0.4, 0.5) is 14.5 Å². The van der Waals surface area contributed by atoms with E-state index in [9.17, 15) is 23.8 Å². The average molecular weight is 390 g/mol. The third kappa shape index (κ3) is 3.53. The Hall–Kier alpha value is -2.71. The quantitative estimate of drug-likeness (QED) is 0.569. The Morgan fingerprint density at radius 2 is 1.93 bits per heavy atom. The van der Waals surface area contributed by atoms with Gasteiger partial charge in [-0.1, -0.05) is 6.07 Å². The van der Waals surface area contributed by atoms with E-state index in [4.69, 9.17) is 4.74 Å². The molecular formula is C20H20F2N2O4. The van der Waals surface area contributed by atoms with Crippen molar-refractivity contribution < 1.29 is 28.5 Å². The first-order valence-corrected chi connectivity index (χ1v) is 9.03. The van der Waals surface area contributed by atoms with Crippen LogP contribution < -0.4 is 15.4 Å². The number of benzene rings is 2. The molecule has 4 N–H and O–H groups in total. The fourth-order valence-corrected chi connectivity index (χ4v) is 3.47. The second-order valence-corrected chi connectivity index (χ2v) is 7.27. The number of aromatic hydroxyl groups is 1. The summed E-state index contributed by atoms with van der Waals surface area (Å²) in [6.07, 6.45) is 0.687. The minimum atomic E-state index is -0.993. The predicted molar refractivity (Wildman–Crippen MR) is 97.2 cm³/mol. The largest absolute Gasteiger partial charge is 0.506 e. The summed E-state index contributed by atoms with van der Waals surface area (Å²) in [5, 5.41) is 26.3. The number of aliphatic hydroxyl groups excluding tert-OH is 1. The number of carbonyl (C=O) groups excluding carboxylic acids is 1. The van der Waals surface area contributed by atoms with Crippen LogP contribution in [0.1, 0.15) is 30.1 Å². The Bertz CT molecular complexity index is 910. The first-order valence-electron chi connectivity index (χ1n) is 9.03. The number of β-amino-alcohol motifs (C(OH)–C–C–N with tert-alkyl or cyclic N) is 1. The maximum atomic E-state index is 13.9. The van der Waals surface area contributed by atoms with Gasteiger partial charge in [0.25, 0.3) is 5.91 Å². The molecule has 1 atom stereocenters. The lowest BCUT2D eigenvalue weighted by Crippen LogP contribution is -2.37. The number of ether oxygens (including phenoxy) is 1. The van der Waals surface area contributed by atoms with Crippen molar-refractivity contribution in [3.8, 4) is 11.5 Å². The minimum absolute atomic E-state index is 0.0371. The molecule has 1 saturated carbocycles. The first-order chi connectivity index (χ1) is 13.4. The number of hydrogen-bond acceptors (Lipinski definition) is 5. The van der Waals surface area contributed by atoms with E-state index in [-0.39, 0.29) is 42.3 Å². The van der Waals surface area contributed by atoms with Gasteiger partial charge in [-0.05, 0) is 43.5 Å². The van der Waals surface area contributed by atoms with Crippen LogP contribution in [0.15, 0.2) is 30.3 Å². The van der Waals surface area contributed by atoms with Gasteiger partial charge >= 0.3 is 0 Å². The lowest BCUT2D eigenvalue weighted by atomic mass is 10.0. The lowest BCUT2D eigenvalue weighted by molar-refractivity contribution is -0.118. The topological polar surface area (TPSA) is 90.8 Å². The van der Waals surface area contributed by atoms with Crippen LogP contribution in [-0.2, 0) is 11.2 Å². The number of anilines is 1. The van der Waals surface area contributed by atoms with Crippen LogP contribution in [-0.4, -0.2) is 34.8 Å². The van der Waals surface area contributed by atoms with Gasteiger partial charge in [0, 0.05) is 23.2 Å². The van der Waals surface area contributed by atoms with Crippen LogP contribution in [0.2, 0.25) is 0 Å². The standard InChI is InChI=1S/C20H20F2N2O4/c21-13-2-1-3-14(22)12(13)8-20(6-7-20)23-9-16(26)11-4-5-15(25)18-19(11)28-10-17(27)24-18/h1-5,16,23,25-26H,6-10H2,(H,24,27). The Morgan fingerprint density at radius 1 is 1.21 bits per heavy atom. The molecule has 2 aromatic rings. The zero-order valence-electron chi connectivity index (χ0n) is 15.0. The Kier molecular flexibility index (Phi) is 4.68. The average Bonchev–Trinajstić information content (AvgIpc) is 3.44. The number of hydrogen-bond donors (Lipinski definition) is 4. The molecular weight excluding hydrogens is 370 g/mol. The van der Waals surface area contributed by atoms with Crippen molar-refractivity contribution in [1.82, 2.24) is 5.32 Å². The molecule has 148 valence electrons. The van der Waals surface area contributed by atoms with Crippen LogP contribution in [0.25, 0.3) is 0 Å². The summed E-state index contributed by atoms with van der Waals surface area (Å²) >= 11 is 0. The first kappa shape index (κ1) is 18.6. The van der Waals surface area contributed by atoms with Gasteiger partial charge in [-0.3, -0.25) is 4.79 Å². The highest BCUT2D eigenvalue weighted by Gasteiger charge is 2.43. The molecule has 0 aromatic heterocycles. The molecule has 1 heterocycles. The Balaban J connectivity index is 1.47. The molecule has 2 aliphatic rings. The zero-order chi connectivity index (χ0) is 19.9. The van der Waals surface area contributed by atoms with Gasteiger partial charge in [-0.2, -0.15) is 0 Å². The molecule has 1 fully saturated rings. The molecule has 1 amide bonds. The molecule has 0 spiro atoms. The number of phenols is 1. The van der Waals surface area contributed by atoms with Gasteiger partial charge in [0.2, 0.25) is 0 Å². The molecule has 1 aliphatic carbocycles. The van der Waals surface area contributed by atoms with Crippen molar-refractivity contribution in [2.45, 2.75) is 30.9 Å². The Labute approximate surface area is 160 Å². The highest BCUT2D eigenvalue weighted by Crippen LogP contribution is 2.43. The fourth-order valence-electron chi connectivity index (χ4n) is 3.47. The van der Waals surface area contributed by atoms with E-state index in [1.54, 1.807) is 0 Å². The number of nitrogens with one attached hydrogen (secondary N) is 2. The molecule has 0 radical (unpaired) electrons. The maximum absolute atomic E-state index is 13.9. The van der Waals surface area contributed by atoms with Gasteiger partial charge in [0.05, 0.1) is 6.10 Å². The fraction of sp³-hybridized carbons (Fsp3) is 0.350. The van der Waals surface area contributed by atoms with Crippen molar-refractivity contribution in [2.75, 3.05) is 18.5 Å². The van der Waals surface area contributed by atoms with E-state index in [0.717, 1.165) is 12.8 Å². The van der Waals surface area contributed by atoms with Crippen molar-refractivity contribution in [1.29, 1.82) is 0 Å². The van der Waals surface area contributed by atoms with Crippen molar-refractivity contribution in [3.63, 3.8) is 0 Å². The second kappa shape index (κ2) is 7.03. The van der Waals surface area contributed by atoms with Gasteiger partial charge in [-0.15, -0.1) is 0 Å². The van der Waals surface area contributed by atoms with E-state index in [0.29, 0.717) is 5.56 Å². The minimum Gasteiger partial charge on any atom is -0.506 e. The highest BCUT2D eigenvalue weighted by atomic mass is 19.1. The molecule has 1 aliphatic heterocycles. The molecule has 28 heavy (non-hydrogen) atoms. The molecule has 6 nitrogen and oxygen atoms in total. The molecule has 4 rings (SSSR count). The van der Waals surface area contributed by atoms with Crippen molar-refractivity contribution in [2.24, 2.45) is 0 Å². The summed E-state index contributed by atoms with van der Waals surface area (Å²) < 4.78 is 33.3. The van der Waals surface area contributed by atoms with E-state index >= 15 is 0 Å². The SMILES string of the molecule is O=C1COc2c(C(O)CNC3(Cc4c(F)cccc4F)CC3)ccc(O)c2N1. The normalized spacial score (nSPS) is 18.0. The number of fused-ring (bicyclic) bond motifs is 1. The van der Waals surface area contributed by atoms with Crippen LogP contribution in [0.3, 0.4) is 0 Å². The van der Waals surface area contributed by atoms with Crippen molar-refractivity contribution in [3.05, 3.63) is 53.1 Å². The molecule has 8 heteroatoms. The molecule has 0 saturated heterocycles. The third-order valence-electron chi connectivity index (χ3n) is 5.24. The van der Waals surface area contributed by atoms with Crippen molar-refractivity contribution >= 4 is 11.6 Å². The second-order valence-electron chi connectivity index (χ2n) is 7.27. The Morgan fingerprint density at radius 3 is 2.61 bits per heavy atom. The maximum Gasteiger partial charge on any atom is 0.262 e. The summed E-state index contributed by atoms with van der Waals surface area (Å²) in [4.78, 5) is 11.5. The van der Waals surface area contributed by atoms with E-state index in [1.165, 1.54) is 30.3 Å². The zero-order valence-corrected chi connectivity index (χ0v) is 15.0. The number of carbonyl (C=O) groups is 1. The summed E-state index contributed by atoms with van der Waals surface area (Å²) in [6.45, 7) is -0.0787. The lowest BCUT2D eigenvalue weighted by Gasteiger charge is -2.25. The van der Waals surface area contributed by atoms with Crippen LogP contribution >= 0.6 is 0 Å². The molecule has 0 bridgehead atoms. The molecule has 2 aromatic carbocycles. The number of rotatable bonds is 6. The summed E-state index contributed by atoms with van der Waals surface area (Å²) in [7, 11) is 0. The summed E-state index contributed by atoms with van der Waals surface area (Å²) in [6, 6.07) is 6.69. The highest BCUT2D eigenvalue weighted by molar-refractivity contribution is 5.97. The number of amides is 1. The van der Waals surface area contributed by atoms with Gasteiger partial charge < -0.3 is 25.6 Å². The number of halogens is 2. The van der Waals surface area contributed by atoms with Gasteiger partial charge in [0.1, 0.15) is 23.1 Å². The third-order valence-corrected chi connectivity index (χ3v) is 5.24. The number of phenolic OH excluding ortho intramolecular Hbond substituents is 1. The number of aliphatic hydroxyl groups is 1.